The summed E-state index contributed by atoms with van der Waals surface area (Å²) in [5.74, 6) is 3.29. The van der Waals surface area contributed by atoms with E-state index in [0.717, 1.165) is 17.0 Å². The third kappa shape index (κ3) is 6.31. The third-order valence-corrected chi connectivity index (χ3v) is 4.64. The highest BCUT2D eigenvalue weighted by Crippen LogP contribution is 2.30. The van der Waals surface area contributed by atoms with Crippen LogP contribution in [0.25, 0.3) is 5.65 Å². The molecule has 4 rings (SSSR count). The smallest absolute Gasteiger partial charge is 0.219 e. The maximum Gasteiger partial charge on any atom is 0.219 e. The van der Waals surface area contributed by atoms with Crippen LogP contribution in [0, 0.1) is 0 Å². The lowest BCUT2D eigenvalue weighted by molar-refractivity contribution is 0.319. The predicted molar refractivity (Wildman–Crippen MR) is 137 cm³/mol. The highest BCUT2D eigenvalue weighted by molar-refractivity contribution is 14.0. The van der Waals surface area contributed by atoms with Crippen LogP contribution in [0.1, 0.15) is 18.3 Å². The summed E-state index contributed by atoms with van der Waals surface area (Å²) >= 11 is 0. The molecule has 0 spiro atoms. The van der Waals surface area contributed by atoms with E-state index in [2.05, 4.69) is 30.8 Å². The Morgan fingerprint density at radius 1 is 0.970 bits per heavy atom. The molecule has 1 aromatic carbocycles. The Labute approximate surface area is 209 Å². The van der Waals surface area contributed by atoms with Crippen molar-refractivity contribution in [1.29, 1.82) is 0 Å². The zero-order valence-electron chi connectivity index (χ0n) is 18.4. The molecule has 0 saturated heterocycles. The molecule has 0 aliphatic carbocycles. The van der Waals surface area contributed by atoms with Gasteiger partial charge < -0.3 is 20.1 Å². The minimum absolute atomic E-state index is 0. The number of guanidine groups is 1. The van der Waals surface area contributed by atoms with Gasteiger partial charge in [-0.2, -0.15) is 0 Å². The Bertz CT molecular complexity index is 1190. The number of fused-ring (bicyclic) bond motifs is 1. The molecule has 9 nitrogen and oxygen atoms in total. The van der Waals surface area contributed by atoms with Gasteiger partial charge in [-0.05, 0) is 36.8 Å². The van der Waals surface area contributed by atoms with Crippen molar-refractivity contribution in [2.75, 3.05) is 13.7 Å². The van der Waals surface area contributed by atoms with E-state index in [1.807, 2.05) is 72.1 Å². The molecule has 0 aliphatic heterocycles. The van der Waals surface area contributed by atoms with Crippen LogP contribution in [0.3, 0.4) is 0 Å². The Balaban J connectivity index is 0.00000306. The van der Waals surface area contributed by atoms with Gasteiger partial charge >= 0.3 is 0 Å². The van der Waals surface area contributed by atoms with Crippen LogP contribution in [-0.4, -0.2) is 39.2 Å². The van der Waals surface area contributed by atoms with Crippen LogP contribution in [0.2, 0.25) is 0 Å². The van der Waals surface area contributed by atoms with Gasteiger partial charge in [0.05, 0.1) is 13.2 Å². The van der Waals surface area contributed by atoms with Crippen molar-refractivity contribution in [3.63, 3.8) is 0 Å². The van der Waals surface area contributed by atoms with Gasteiger partial charge in [0.2, 0.25) is 5.88 Å². The van der Waals surface area contributed by atoms with Crippen molar-refractivity contribution in [3.05, 3.63) is 78.4 Å². The molecular formula is C23H26IN7O2. The van der Waals surface area contributed by atoms with Crippen molar-refractivity contribution < 1.29 is 9.47 Å². The van der Waals surface area contributed by atoms with Crippen LogP contribution < -0.4 is 20.1 Å². The fourth-order valence-electron chi connectivity index (χ4n) is 3.08. The standard InChI is InChI=1S/C23H25N7O2.HI/c1-3-31-18-8-4-5-9-19(18)32-22-12-11-17(14-25-22)15-26-23(24-2)27-16-21-29-28-20-10-6-7-13-30(20)21;/h4-14H,3,15-16H2,1-2H3,(H2,24,26,27);1H. The molecule has 0 radical (unpaired) electrons. The zero-order chi connectivity index (χ0) is 22.2. The van der Waals surface area contributed by atoms with Gasteiger partial charge in [-0.3, -0.25) is 9.39 Å². The first kappa shape index (κ1) is 24.2. The summed E-state index contributed by atoms with van der Waals surface area (Å²) in [5, 5.41) is 14.9. The first-order valence-electron chi connectivity index (χ1n) is 10.3. The van der Waals surface area contributed by atoms with E-state index in [9.17, 15) is 0 Å². The van der Waals surface area contributed by atoms with Gasteiger partial charge in [0, 0.05) is 32.1 Å². The van der Waals surface area contributed by atoms with Gasteiger partial charge in [0.15, 0.2) is 28.9 Å². The number of hydrogen-bond acceptors (Lipinski definition) is 6. The van der Waals surface area contributed by atoms with Gasteiger partial charge in [0.1, 0.15) is 0 Å². The Hall–Kier alpha value is -3.41. The fraction of sp³-hybridized carbons (Fsp3) is 0.217. The van der Waals surface area contributed by atoms with Crippen LogP contribution in [-0.2, 0) is 13.1 Å². The van der Waals surface area contributed by atoms with Crippen molar-refractivity contribution in [2.45, 2.75) is 20.0 Å². The van der Waals surface area contributed by atoms with E-state index in [4.69, 9.17) is 9.47 Å². The van der Waals surface area contributed by atoms with Crippen molar-refractivity contribution in [1.82, 2.24) is 30.2 Å². The second-order valence-corrected chi connectivity index (χ2v) is 6.81. The SMILES string of the molecule is CCOc1ccccc1Oc1ccc(CNC(=NC)NCc2nnc3ccccn23)cn1.I. The average Bonchev–Trinajstić information content (AvgIpc) is 3.25. The van der Waals surface area contributed by atoms with Crippen LogP contribution in [0.5, 0.6) is 17.4 Å². The summed E-state index contributed by atoms with van der Waals surface area (Å²) in [6, 6.07) is 17.1. The van der Waals surface area contributed by atoms with E-state index in [-0.39, 0.29) is 24.0 Å². The molecule has 0 atom stereocenters. The second-order valence-electron chi connectivity index (χ2n) is 6.81. The normalized spacial score (nSPS) is 11.0. The number of aliphatic imine (C=N–C) groups is 1. The van der Waals surface area contributed by atoms with Crippen LogP contribution in [0.15, 0.2) is 72.0 Å². The number of benzene rings is 1. The topological polar surface area (TPSA) is 98.0 Å². The minimum atomic E-state index is 0. The van der Waals surface area contributed by atoms with Gasteiger partial charge in [-0.15, -0.1) is 34.2 Å². The van der Waals surface area contributed by atoms with Crippen molar-refractivity contribution in [3.8, 4) is 17.4 Å². The first-order valence-corrected chi connectivity index (χ1v) is 10.3. The predicted octanol–water partition coefficient (Wildman–Crippen LogP) is 3.80. The first-order chi connectivity index (χ1) is 15.8. The Morgan fingerprint density at radius 2 is 1.76 bits per heavy atom. The summed E-state index contributed by atoms with van der Waals surface area (Å²) < 4.78 is 13.4. The highest BCUT2D eigenvalue weighted by Gasteiger charge is 2.08. The quantitative estimate of drug-likeness (QED) is 0.193. The van der Waals surface area contributed by atoms with E-state index in [1.54, 1.807) is 13.2 Å². The van der Waals surface area contributed by atoms with Gasteiger partial charge in [-0.1, -0.05) is 24.3 Å². The lowest BCUT2D eigenvalue weighted by Crippen LogP contribution is -2.36. The molecule has 0 bridgehead atoms. The molecule has 3 heterocycles. The number of pyridine rings is 2. The zero-order valence-corrected chi connectivity index (χ0v) is 20.8. The maximum absolute atomic E-state index is 5.87. The summed E-state index contributed by atoms with van der Waals surface area (Å²) in [6.07, 6.45) is 3.70. The summed E-state index contributed by atoms with van der Waals surface area (Å²) in [5.41, 5.74) is 1.80. The molecule has 33 heavy (non-hydrogen) atoms. The number of halogens is 1. The molecule has 0 aliphatic rings. The number of para-hydroxylation sites is 2. The fourth-order valence-corrected chi connectivity index (χ4v) is 3.08. The highest BCUT2D eigenvalue weighted by atomic mass is 127. The van der Waals surface area contributed by atoms with E-state index in [0.29, 0.717) is 43.0 Å². The molecule has 10 heteroatoms. The summed E-state index contributed by atoms with van der Waals surface area (Å²) in [6.45, 7) is 3.56. The number of nitrogens with zero attached hydrogens (tertiary/aromatic N) is 5. The largest absolute Gasteiger partial charge is 0.490 e. The average molecular weight is 559 g/mol. The Kier molecular flexibility index (Phi) is 8.81. The monoisotopic (exact) mass is 559 g/mol. The molecule has 3 aromatic heterocycles. The van der Waals surface area contributed by atoms with E-state index in [1.165, 1.54) is 0 Å². The van der Waals surface area contributed by atoms with Crippen molar-refractivity contribution >= 4 is 35.6 Å². The lowest BCUT2D eigenvalue weighted by atomic mass is 10.3. The van der Waals surface area contributed by atoms with Crippen LogP contribution in [0.4, 0.5) is 0 Å². The van der Waals surface area contributed by atoms with Crippen LogP contribution >= 0.6 is 24.0 Å². The van der Waals surface area contributed by atoms with E-state index >= 15 is 0 Å². The summed E-state index contributed by atoms with van der Waals surface area (Å²) in [7, 11) is 1.72. The number of rotatable bonds is 8. The second kappa shape index (κ2) is 12.0. The molecule has 172 valence electrons. The molecule has 4 aromatic rings. The Morgan fingerprint density at radius 3 is 2.52 bits per heavy atom. The van der Waals surface area contributed by atoms with Gasteiger partial charge in [-0.25, -0.2) is 4.98 Å². The number of hydrogen-bond donors (Lipinski definition) is 2. The molecule has 0 amide bonds. The minimum Gasteiger partial charge on any atom is -0.490 e. The lowest BCUT2D eigenvalue weighted by Gasteiger charge is -2.12. The molecule has 0 unspecified atom stereocenters. The summed E-state index contributed by atoms with van der Waals surface area (Å²) in [4.78, 5) is 8.66. The van der Waals surface area contributed by atoms with Gasteiger partial charge in [0.25, 0.3) is 0 Å². The molecular weight excluding hydrogens is 533 g/mol. The van der Waals surface area contributed by atoms with E-state index < -0.39 is 0 Å². The third-order valence-electron chi connectivity index (χ3n) is 4.64. The number of nitrogens with one attached hydrogen (secondary N) is 2. The maximum atomic E-state index is 5.87. The molecule has 0 fully saturated rings. The number of ether oxygens (including phenoxy) is 2. The molecule has 2 N–H and O–H groups in total. The number of aromatic nitrogens is 4. The molecule has 0 saturated carbocycles. The van der Waals surface area contributed by atoms with Crippen molar-refractivity contribution in [2.24, 2.45) is 4.99 Å².